The lowest BCUT2D eigenvalue weighted by Gasteiger charge is -2.30. The van der Waals surface area contributed by atoms with Gasteiger partial charge < -0.3 is 4.90 Å². The van der Waals surface area contributed by atoms with E-state index in [1.165, 1.54) is 4.88 Å². The summed E-state index contributed by atoms with van der Waals surface area (Å²) in [4.78, 5) is 15.7. The Morgan fingerprint density at radius 2 is 2.25 bits per heavy atom. The van der Waals surface area contributed by atoms with E-state index in [0.29, 0.717) is 6.04 Å². The van der Waals surface area contributed by atoms with Crippen LogP contribution >= 0.6 is 11.3 Å². The molecule has 2 rings (SSSR count). The summed E-state index contributed by atoms with van der Waals surface area (Å²) in [6, 6.07) is 4.54. The second-order valence-corrected chi connectivity index (χ2v) is 6.40. The van der Waals surface area contributed by atoms with Crippen LogP contribution in [0.2, 0.25) is 0 Å². The molecular formula is C13H19NOS. The number of amides is 1. The van der Waals surface area contributed by atoms with Gasteiger partial charge in [-0.05, 0) is 24.3 Å². The van der Waals surface area contributed by atoms with Crippen molar-refractivity contribution >= 4 is 17.2 Å². The number of rotatable bonds is 1. The number of carbonyl (C=O) groups is 1. The van der Waals surface area contributed by atoms with E-state index in [1.807, 2.05) is 20.8 Å². The van der Waals surface area contributed by atoms with Gasteiger partial charge in [0.2, 0.25) is 5.91 Å². The summed E-state index contributed by atoms with van der Waals surface area (Å²) in [7, 11) is 0. The highest BCUT2D eigenvalue weighted by Crippen LogP contribution is 2.36. The van der Waals surface area contributed by atoms with Crippen molar-refractivity contribution in [3.63, 3.8) is 0 Å². The van der Waals surface area contributed by atoms with E-state index >= 15 is 0 Å². The van der Waals surface area contributed by atoms with Crippen LogP contribution in [0.15, 0.2) is 17.5 Å². The summed E-state index contributed by atoms with van der Waals surface area (Å²) >= 11 is 1.76. The van der Waals surface area contributed by atoms with Crippen molar-refractivity contribution in [2.45, 2.75) is 39.7 Å². The normalized spacial score (nSPS) is 21.4. The minimum Gasteiger partial charge on any atom is -0.334 e. The number of hydrogen-bond donors (Lipinski definition) is 0. The van der Waals surface area contributed by atoms with Crippen molar-refractivity contribution in [3.8, 4) is 0 Å². The van der Waals surface area contributed by atoms with Crippen LogP contribution in [-0.2, 0) is 4.79 Å². The molecule has 1 atom stereocenters. The van der Waals surface area contributed by atoms with Crippen molar-refractivity contribution in [3.05, 3.63) is 22.4 Å². The molecule has 1 saturated heterocycles. The maximum absolute atomic E-state index is 12.3. The highest BCUT2D eigenvalue weighted by atomic mass is 32.1. The van der Waals surface area contributed by atoms with Gasteiger partial charge in [0.05, 0.1) is 6.04 Å². The monoisotopic (exact) mass is 237 g/mol. The fourth-order valence-electron chi connectivity index (χ4n) is 2.22. The number of carbonyl (C=O) groups excluding carboxylic acids is 1. The van der Waals surface area contributed by atoms with Gasteiger partial charge in [0.25, 0.3) is 0 Å². The predicted octanol–water partition coefficient (Wildman–Crippen LogP) is 3.46. The second-order valence-electron chi connectivity index (χ2n) is 5.42. The Labute approximate surface area is 101 Å². The minimum absolute atomic E-state index is 0.264. The van der Waals surface area contributed by atoms with Crippen molar-refractivity contribution in [1.29, 1.82) is 0 Å². The summed E-state index contributed by atoms with van der Waals surface area (Å²) in [5.41, 5.74) is -0.264. The zero-order chi connectivity index (χ0) is 11.8. The molecule has 0 radical (unpaired) electrons. The fourth-order valence-corrected chi connectivity index (χ4v) is 3.09. The molecule has 0 aliphatic carbocycles. The van der Waals surface area contributed by atoms with Gasteiger partial charge in [-0.15, -0.1) is 11.3 Å². The molecule has 1 amide bonds. The van der Waals surface area contributed by atoms with Crippen LogP contribution in [0.5, 0.6) is 0 Å². The Bertz CT molecular complexity index is 364. The summed E-state index contributed by atoms with van der Waals surface area (Å²) in [6.07, 6.45) is 2.24. The first-order valence-electron chi connectivity index (χ1n) is 5.84. The lowest BCUT2D eigenvalue weighted by Crippen LogP contribution is -2.38. The summed E-state index contributed by atoms with van der Waals surface area (Å²) in [6.45, 7) is 6.91. The van der Waals surface area contributed by atoms with Crippen LogP contribution in [0.3, 0.4) is 0 Å². The molecule has 1 aliphatic heterocycles. The molecular weight excluding hydrogens is 218 g/mol. The quantitative estimate of drug-likeness (QED) is 0.732. The first kappa shape index (κ1) is 11.6. The van der Waals surface area contributed by atoms with Gasteiger partial charge >= 0.3 is 0 Å². The average Bonchev–Trinajstić information content (AvgIpc) is 2.85. The van der Waals surface area contributed by atoms with Crippen molar-refractivity contribution in [2.24, 2.45) is 5.41 Å². The highest BCUT2D eigenvalue weighted by Gasteiger charge is 2.35. The molecule has 0 saturated carbocycles. The Morgan fingerprint density at radius 3 is 2.81 bits per heavy atom. The van der Waals surface area contributed by atoms with Gasteiger partial charge in [0.15, 0.2) is 0 Å². The molecule has 1 fully saturated rings. The molecule has 2 heterocycles. The SMILES string of the molecule is CC(C)(C)C(=O)N1CCC[C@@H]1c1cccs1. The molecule has 0 aromatic carbocycles. The Morgan fingerprint density at radius 1 is 1.50 bits per heavy atom. The van der Waals surface area contributed by atoms with Crippen LogP contribution in [0.25, 0.3) is 0 Å². The van der Waals surface area contributed by atoms with Crippen LogP contribution in [-0.4, -0.2) is 17.4 Å². The van der Waals surface area contributed by atoms with Gasteiger partial charge in [-0.2, -0.15) is 0 Å². The Hall–Kier alpha value is -0.830. The smallest absolute Gasteiger partial charge is 0.228 e. The maximum atomic E-state index is 12.3. The predicted molar refractivity (Wildman–Crippen MR) is 67.5 cm³/mol. The molecule has 0 unspecified atom stereocenters. The van der Waals surface area contributed by atoms with Crippen LogP contribution < -0.4 is 0 Å². The molecule has 1 aromatic rings. The van der Waals surface area contributed by atoms with E-state index in [1.54, 1.807) is 11.3 Å². The number of likely N-dealkylation sites (tertiary alicyclic amines) is 1. The largest absolute Gasteiger partial charge is 0.334 e. The molecule has 2 nitrogen and oxygen atoms in total. The molecule has 1 aliphatic rings. The number of nitrogens with zero attached hydrogens (tertiary/aromatic N) is 1. The first-order valence-corrected chi connectivity index (χ1v) is 6.72. The van der Waals surface area contributed by atoms with Crippen LogP contribution in [0.1, 0.15) is 44.5 Å². The molecule has 88 valence electrons. The van der Waals surface area contributed by atoms with Gasteiger partial charge in [0, 0.05) is 16.8 Å². The Balaban J connectivity index is 2.19. The fraction of sp³-hybridized carbons (Fsp3) is 0.615. The summed E-state index contributed by atoms with van der Waals surface area (Å²) in [5.74, 6) is 0.281. The summed E-state index contributed by atoms with van der Waals surface area (Å²) < 4.78 is 0. The highest BCUT2D eigenvalue weighted by molar-refractivity contribution is 7.10. The molecule has 1 aromatic heterocycles. The maximum Gasteiger partial charge on any atom is 0.228 e. The van der Waals surface area contributed by atoms with E-state index < -0.39 is 0 Å². The first-order chi connectivity index (χ1) is 7.50. The number of hydrogen-bond acceptors (Lipinski definition) is 2. The van der Waals surface area contributed by atoms with Gasteiger partial charge in [-0.3, -0.25) is 4.79 Å². The van der Waals surface area contributed by atoms with Crippen LogP contribution in [0.4, 0.5) is 0 Å². The van der Waals surface area contributed by atoms with Crippen LogP contribution in [0, 0.1) is 5.41 Å². The molecule has 3 heteroatoms. The third kappa shape index (κ3) is 2.14. The van der Waals surface area contributed by atoms with E-state index in [4.69, 9.17) is 0 Å². The second kappa shape index (κ2) is 4.21. The van der Waals surface area contributed by atoms with Crippen molar-refractivity contribution in [1.82, 2.24) is 4.90 Å². The summed E-state index contributed by atoms with van der Waals surface area (Å²) in [5, 5.41) is 2.09. The minimum atomic E-state index is -0.264. The van der Waals surface area contributed by atoms with Crippen molar-refractivity contribution < 1.29 is 4.79 Å². The van der Waals surface area contributed by atoms with E-state index in [2.05, 4.69) is 22.4 Å². The molecule has 0 N–H and O–H groups in total. The number of thiophene rings is 1. The van der Waals surface area contributed by atoms with Gasteiger partial charge in [-0.1, -0.05) is 26.8 Å². The van der Waals surface area contributed by atoms with E-state index in [9.17, 15) is 4.79 Å². The standard InChI is InChI=1S/C13H19NOS/c1-13(2,3)12(15)14-8-4-6-10(14)11-7-5-9-16-11/h5,7,9-10H,4,6,8H2,1-3H3/t10-/m1/s1. The molecule has 0 bridgehead atoms. The topological polar surface area (TPSA) is 20.3 Å². The lowest BCUT2D eigenvalue weighted by molar-refractivity contribution is -0.140. The van der Waals surface area contributed by atoms with E-state index in [-0.39, 0.29) is 11.3 Å². The molecule has 16 heavy (non-hydrogen) atoms. The lowest BCUT2D eigenvalue weighted by atomic mass is 9.94. The third-order valence-electron chi connectivity index (χ3n) is 3.03. The zero-order valence-electron chi connectivity index (χ0n) is 10.2. The van der Waals surface area contributed by atoms with Gasteiger partial charge in [0.1, 0.15) is 0 Å². The molecule has 0 spiro atoms. The average molecular weight is 237 g/mol. The zero-order valence-corrected chi connectivity index (χ0v) is 11.0. The Kier molecular flexibility index (Phi) is 3.06. The van der Waals surface area contributed by atoms with E-state index in [0.717, 1.165) is 19.4 Å². The van der Waals surface area contributed by atoms with Gasteiger partial charge in [-0.25, -0.2) is 0 Å². The van der Waals surface area contributed by atoms with Crippen molar-refractivity contribution in [2.75, 3.05) is 6.54 Å². The third-order valence-corrected chi connectivity index (χ3v) is 4.00.